The molecule has 1 N–H and O–H groups in total. The Bertz CT molecular complexity index is 965. The van der Waals surface area contributed by atoms with E-state index in [1.54, 1.807) is 13.2 Å². The molecule has 0 saturated heterocycles. The molecule has 1 amide bonds. The Hall–Kier alpha value is -3.13. The van der Waals surface area contributed by atoms with Crippen LogP contribution in [0.5, 0.6) is 0 Å². The van der Waals surface area contributed by atoms with Crippen molar-refractivity contribution in [3.8, 4) is 5.69 Å². The number of alkyl halides is 3. The Balaban J connectivity index is 1.73. The summed E-state index contributed by atoms with van der Waals surface area (Å²) in [5.74, 6) is -0.329. The van der Waals surface area contributed by atoms with Crippen molar-refractivity contribution >= 4 is 11.6 Å². The Morgan fingerprint density at radius 2 is 1.86 bits per heavy atom. The topological polar surface area (TPSA) is 56.1 Å². The van der Waals surface area contributed by atoms with Crippen LogP contribution in [0.15, 0.2) is 60.8 Å². The van der Waals surface area contributed by atoms with Gasteiger partial charge in [-0.05, 0) is 55.0 Å². The van der Waals surface area contributed by atoms with Crippen LogP contribution in [0, 0.1) is 0 Å². The monoisotopic (exact) mass is 389 g/mol. The molecule has 8 heteroatoms. The number of aromatic nitrogens is 2. The number of nitrogens with zero attached hydrogens (tertiary/aromatic N) is 2. The minimum absolute atomic E-state index is 0.105. The second-order valence-electron chi connectivity index (χ2n) is 6.15. The smallest absolute Gasteiger partial charge is 0.377 e. The van der Waals surface area contributed by atoms with Gasteiger partial charge in [-0.1, -0.05) is 12.1 Å². The van der Waals surface area contributed by atoms with Gasteiger partial charge in [0.15, 0.2) is 5.69 Å². The van der Waals surface area contributed by atoms with E-state index in [1.807, 2.05) is 25.1 Å². The van der Waals surface area contributed by atoms with Crippen LogP contribution in [0.2, 0.25) is 0 Å². The fourth-order valence-corrected chi connectivity index (χ4v) is 2.59. The largest absolute Gasteiger partial charge is 0.435 e. The summed E-state index contributed by atoms with van der Waals surface area (Å²) < 4.78 is 44.4. The van der Waals surface area contributed by atoms with Crippen molar-refractivity contribution in [2.45, 2.75) is 19.2 Å². The molecule has 0 spiro atoms. The molecule has 3 aromatic rings. The molecular formula is C20H18F3N3O2. The molecule has 0 fully saturated rings. The molecule has 0 radical (unpaired) electrons. The zero-order chi connectivity index (χ0) is 20.3. The summed E-state index contributed by atoms with van der Waals surface area (Å²) in [6.45, 7) is 1.90. The van der Waals surface area contributed by atoms with Gasteiger partial charge in [-0.3, -0.25) is 4.79 Å². The van der Waals surface area contributed by atoms with Crippen molar-refractivity contribution in [3.63, 3.8) is 0 Å². The van der Waals surface area contributed by atoms with Gasteiger partial charge >= 0.3 is 6.18 Å². The lowest BCUT2D eigenvalue weighted by molar-refractivity contribution is -0.141. The number of rotatable bonds is 5. The maximum absolute atomic E-state index is 12.7. The third kappa shape index (κ3) is 4.40. The van der Waals surface area contributed by atoms with Crippen molar-refractivity contribution < 1.29 is 22.7 Å². The molecule has 1 atom stereocenters. The summed E-state index contributed by atoms with van der Waals surface area (Å²) in [4.78, 5) is 12.4. The molecule has 0 aliphatic carbocycles. The number of carbonyl (C=O) groups is 1. The van der Waals surface area contributed by atoms with E-state index >= 15 is 0 Å². The molecule has 0 aliphatic rings. The quantitative estimate of drug-likeness (QED) is 0.679. The minimum Gasteiger partial charge on any atom is -0.377 e. The van der Waals surface area contributed by atoms with E-state index < -0.39 is 11.9 Å². The molecule has 28 heavy (non-hydrogen) atoms. The third-order valence-electron chi connectivity index (χ3n) is 4.24. The van der Waals surface area contributed by atoms with Crippen LogP contribution in [0.1, 0.15) is 34.6 Å². The van der Waals surface area contributed by atoms with Crippen LogP contribution in [-0.2, 0) is 10.9 Å². The Morgan fingerprint density at radius 1 is 1.14 bits per heavy atom. The lowest BCUT2D eigenvalue weighted by Gasteiger charge is -2.12. The fraction of sp³-hybridized carbons (Fsp3) is 0.200. The highest BCUT2D eigenvalue weighted by molar-refractivity contribution is 6.04. The van der Waals surface area contributed by atoms with Gasteiger partial charge < -0.3 is 10.1 Å². The predicted molar refractivity (Wildman–Crippen MR) is 98.4 cm³/mol. The van der Waals surface area contributed by atoms with Gasteiger partial charge in [0, 0.05) is 24.6 Å². The van der Waals surface area contributed by atoms with Gasteiger partial charge in [-0.15, -0.1) is 0 Å². The number of amides is 1. The average molecular weight is 389 g/mol. The number of halogens is 3. The Labute approximate surface area is 159 Å². The molecule has 1 aromatic heterocycles. The number of nitrogens with one attached hydrogen (secondary N) is 1. The number of hydrogen-bond donors (Lipinski definition) is 1. The summed E-state index contributed by atoms with van der Waals surface area (Å²) >= 11 is 0. The maximum Gasteiger partial charge on any atom is 0.435 e. The maximum atomic E-state index is 12.7. The minimum atomic E-state index is -4.50. The van der Waals surface area contributed by atoms with Crippen molar-refractivity contribution in [2.24, 2.45) is 0 Å². The van der Waals surface area contributed by atoms with E-state index in [-0.39, 0.29) is 12.0 Å². The zero-order valence-corrected chi connectivity index (χ0v) is 15.2. The van der Waals surface area contributed by atoms with E-state index in [1.165, 1.54) is 30.5 Å². The highest BCUT2D eigenvalue weighted by Gasteiger charge is 2.33. The van der Waals surface area contributed by atoms with Crippen LogP contribution >= 0.6 is 0 Å². The van der Waals surface area contributed by atoms with Gasteiger partial charge in [0.05, 0.1) is 11.8 Å². The number of hydrogen-bond acceptors (Lipinski definition) is 3. The molecular weight excluding hydrogens is 371 g/mol. The normalized spacial score (nSPS) is 12.6. The highest BCUT2D eigenvalue weighted by atomic mass is 19.4. The van der Waals surface area contributed by atoms with Crippen LogP contribution in [-0.4, -0.2) is 22.8 Å². The first-order chi connectivity index (χ1) is 13.3. The van der Waals surface area contributed by atoms with E-state index in [0.29, 0.717) is 16.9 Å². The van der Waals surface area contributed by atoms with Gasteiger partial charge in [-0.2, -0.15) is 18.3 Å². The van der Waals surface area contributed by atoms with Crippen LogP contribution in [0.4, 0.5) is 18.9 Å². The van der Waals surface area contributed by atoms with E-state index in [4.69, 9.17) is 4.74 Å². The molecule has 2 aromatic carbocycles. The SMILES string of the molecule is COC(C)c1cccc(NC(=O)c2ccc(-n3ccc(C(F)(F)F)n3)cc2)c1. The molecule has 0 aliphatic heterocycles. The van der Waals surface area contributed by atoms with E-state index in [9.17, 15) is 18.0 Å². The Kier molecular flexibility index (Phi) is 5.51. The first-order valence-electron chi connectivity index (χ1n) is 8.45. The molecule has 146 valence electrons. The summed E-state index contributed by atoms with van der Waals surface area (Å²) in [6, 6.07) is 14.3. The molecule has 5 nitrogen and oxygen atoms in total. The van der Waals surface area contributed by atoms with Crippen molar-refractivity contribution in [3.05, 3.63) is 77.6 Å². The van der Waals surface area contributed by atoms with Crippen LogP contribution < -0.4 is 5.32 Å². The second kappa shape index (κ2) is 7.85. The van der Waals surface area contributed by atoms with Crippen molar-refractivity contribution in [2.75, 3.05) is 12.4 Å². The van der Waals surface area contributed by atoms with Crippen LogP contribution in [0.3, 0.4) is 0 Å². The first-order valence-corrected chi connectivity index (χ1v) is 8.45. The standard InChI is InChI=1S/C20H18F3N3O2/c1-13(28-2)15-4-3-5-16(12-15)24-19(27)14-6-8-17(9-7-14)26-11-10-18(25-26)20(21,22)23/h3-13H,1-2H3,(H,24,27). The van der Waals surface area contributed by atoms with Crippen molar-refractivity contribution in [1.29, 1.82) is 0 Å². The van der Waals surface area contributed by atoms with Crippen LogP contribution in [0.25, 0.3) is 5.69 Å². The number of carbonyl (C=O) groups excluding carboxylic acids is 1. The van der Waals surface area contributed by atoms with E-state index in [0.717, 1.165) is 16.3 Å². The fourth-order valence-electron chi connectivity index (χ4n) is 2.59. The molecule has 1 unspecified atom stereocenters. The highest BCUT2D eigenvalue weighted by Crippen LogP contribution is 2.28. The van der Waals surface area contributed by atoms with Gasteiger partial charge in [0.2, 0.25) is 0 Å². The second-order valence-corrected chi connectivity index (χ2v) is 6.15. The Morgan fingerprint density at radius 3 is 2.46 bits per heavy atom. The summed E-state index contributed by atoms with van der Waals surface area (Å²) in [6.07, 6.45) is -3.38. The van der Waals surface area contributed by atoms with Gasteiger partial charge in [0.25, 0.3) is 5.91 Å². The summed E-state index contributed by atoms with van der Waals surface area (Å²) in [5, 5.41) is 6.30. The summed E-state index contributed by atoms with van der Waals surface area (Å²) in [5.41, 5.74) is 1.37. The van der Waals surface area contributed by atoms with Gasteiger partial charge in [0.1, 0.15) is 0 Å². The lowest BCUT2D eigenvalue weighted by Crippen LogP contribution is -2.12. The number of ether oxygens (including phenoxy) is 1. The number of benzene rings is 2. The third-order valence-corrected chi connectivity index (χ3v) is 4.24. The molecule has 0 bridgehead atoms. The first kappa shape index (κ1) is 19.6. The molecule has 3 rings (SSSR count). The van der Waals surface area contributed by atoms with E-state index in [2.05, 4.69) is 10.4 Å². The predicted octanol–water partition coefficient (Wildman–Crippen LogP) is 4.85. The number of anilines is 1. The number of methoxy groups -OCH3 is 1. The zero-order valence-electron chi connectivity index (χ0n) is 15.2. The summed E-state index contributed by atoms with van der Waals surface area (Å²) in [7, 11) is 1.61. The molecule has 1 heterocycles. The molecule has 0 saturated carbocycles. The lowest BCUT2D eigenvalue weighted by atomic mass is 10.1. The van der Waals surface area contributed by atoms with Gasteiger partial charge in [-0.25, -0.2) is 4.68 Å². The average Bonchev–Trinajstić information content (AvgIpc) is 3.18. The van der Waals surface area contributed by atoms with Crippen molar-refractivity contribution in [1.82, 2.24) is 9.78 Å².